The van der Waals surface area contributed by atoms with Gasteiger partial charge in [0.1, 0.15) is 5.75 Å². The molecule has 1 amide bonds. The fraction of sp³-hybridized carbons (Fsp3) is 0.421. The zero-order valence-electron chi connectivity index (χ0n) is 16.7. The molecular formula is C19H23N5O4S2. The molecule has 0 saturated carbocycles. The van der Waals surface area contributed by atoms with Crippen LogP contribution in [0.4, 0.5) is 5.13 Å². The van der Waals surface area contributed by atoms with Gasteiger partial charge in [0.2, 0.25) is 5.91 Å². The molecule has 0 bridgehead atoms. The molecular weight excluding hydrogens is 426 g/mol. The van der Waals surface area contributed by atoms with E-state index >= 15 is 0 Å². The summed E-state index contributed by atoms with van der Waals surface area (Å²) >= 11 is 1.39. The Hall–Kier alpha value is -2.50. The number of nitrogens with one attached hydrogen (secondary N) is 1. The summed E-state index contributed by atoms with van der Waals surface area (Å²) in [5.74, 6) is 0.348. The number of rotatable bonds is 6. The van der Waals surface area contributed by atoms with E-state index in [1.807, 2.05) is 25.1 Å². The Bertz CT molecular complexity index is 1160. The summed E-state index contributed by atoms with van der Waals surface area (Å²) in [5, 5.41) is 3.46. The molecule has 1 saturated heterocycles. The van der Waals surface area contributed by atoms with Crippen molar-refractivity contribution in [1.82, 2.24) is 18.8 Å². The summed E-state index contributed by atoms with van der Waals surface area (Å²) in [6, 6.07) is 5.56. The average molecular weight is 450 g/mol. The zero-order chi connectivity index (χ0) is 21.3. The number of imidazole rings is 1. The van der Waals surface area contributed by atoms with Crippen LogP contribution >= 0.6 is 11.3 Å². The third-order valence-corrected chi connectivity index (χ3v) is 7.95. The summed E-state index contributed by atoms with van der Waals surface area (Å²) in [7, 11) is -2.03. The zero-order valence-corrected chi connectivity index (χ0v) is 18.4. The summed E-state index contributed by atoms with van der Waals surface area (Å²) in [6.45, 7) is 3.15. The van der Waals surface area contributed by atoms with Crippen molar-refractivity contribution in [2.45, 2.75) is 31.3 Å². The van der Waals surface area contributed by atoms with Crippen LogP contribution in [0.1, 0.15) is 19.8 Å². The van der Waals surface area contributed by atoms with Crippen LogP contribution in [-0.4, -0.2) is 53.4 Å². The second kappa shape index (κ2) is 8.32. The van der Waals surface area contributed by atoms with Crippen LogP contribution < -0.4 is 10.1 Å². The van der Waals surface area contributed by atoms with Gasteiger partial charge >= 0.3 is 0 Å². The Morgan fingerprint density at radius 3 is 2.77 bits per heavy atom. The summed E-state index contributed by atoms with van der Waals surface area (Å²) < 4.78 is 34.8. The average Bonchev–Trinajstić information content (AvgIpc) is 3.40. The molecule has 0 unspecified atom stereocenters. The Kier molecular flexibility index (Phi) is 5.76. The number of aryl methyl sites for hydroxylation is 1. The van der Waals surface area contributed by atoms with Gasteiger partial charge in [-0.2, -0.15) is 4.31 Å². The largest absolute Gasteiger partial charge is 0.497 e. The number of thiazole rings is 1. The SMILES string of the molecule is CCn1cnc(S(=O)(=O)N2CCC(C(=O)Nc3nc4ccc(OC)cc4s3)CC2)c1. The van der Waals surface area contributed by atoms with Gasteiger partial charge in [0.05, 0.1) is 23.7 Å². The predicted octanol–water partition coefficient (Wildman–Crippen LogP) is 2.56. The van der Waals surface area contributed by atoms with Crippen molar-refractivity contribution < 1.29 is 17.9 Å². The Balaban J connectivity index is 1.38. The molecule has 0 atom stereocenters. The first-order valence-corrected chi connectivity index (χ1v) is 11.9. The van der Waals surface area contributed by atoms with Gasteiger partial charge in [0.25, 0.3) is 10.0 Å². The number of ether oxygens (including phenoxy) is 1. The van der Waals surface area contributed by atoms with Gasteiger partial charge in [-0.1, -0.05) is 11.3 Å². The molecule has 1 fully saturated rings. The maximum absolute atomic E-state index is 12.8. The predicted molar refractivity (Wildman–Crippen MR) is 114 cm³/mol. The maximum Gasteiger partial charge on any atom is 0.262 e. The second-order valence-electron chi connectivity index (χ2n) is 7.06. The lowest BCUT2D eigenvalue weighted by Gasteiger charge is -2.29. The van der Waals surface area contributed by atoms with E-state index in [1.54, 1.807) is 11.7 Å². The third-order valence-electron chi connectivity index (χ3n) is 5.23. The lowest BCUT2D eigenvalue weighted by atomic mass is 9.97. The molecule has 9 nitrogen and oxygen atoms in total. The quantitative estimate of drug-likeness (QED) is 0.620. The molecule has 160 valence electrons. The highest BCUT2D eigenvalue weighted by atomic mass is 32.2. The van der Waals surface area contributed by atoms with E-state index in [9.17, 15) is 13.2 Å². The van der Waals surface area contributed by atoms with E-state index in [0.29, 0.717) is 24.5 Å². The van der Waals surface area contributed by atoms with Gasteiger partial charge in [-0.3, -0.25) is 4.79 Å². The highest BCUT2D eigenvalue weighted by molar-refractivity contribution is 7.89. The van der Waals surface area contributed by atoms with E-state index in [4.69, 9.17) is 4.74 Å². The van der Waals surface area contributed by atoms with Crippen LogP contribution in [-0.2, 0) is 21.4 Å². The number of nitrogens with zero attached hydrogens (tertiary/aromatic N) is 4. The van der Waals surface area contributed by atoms with Crippen molar-refractivity contribution in [2.24, 2.45) is 5.92 Å². The first-order valence-electron chi connectivity index (χ1n) is 9.68. The Morgan fingerprint density at radius 2 is 2.10 bits per heavy atom. The third kappa shape index (κ3) is 4.05. The number of carbonyl (C=O) groups is 1. The van der Waals surface area contributed by atoms with Crippen LogP contribution in [0.5, 0.6) is 5.75 Å². The smallest absolute Gasteiger partial charge is 0.262 e. The van der Waals surface area contributed by atoms with Crippen molar-refractivity contribution in [2.75, 3.05) is 25.5 Å². The second-order valence-corrected chi connectivity index (χ2v) is 9.98. The molecule has 0 radical (unpaired) electrons. The summed E-state index contributed by atoms with van der Waals surface area (Å²) in [4.78, 5) is 21.1. The van der Waals surface area contributed by atoms with E-state index in [0.717, 1.165) is 16.0 Å². The minimum Gasteiger partial charge on any atom is -0.497 e. The molecule has 3 aromatic rings. The molecule has 1 N–H and O–H groups in total. The Labute approximate surface area is 178 Å². The van der Waals surface area contributed by atoms with Crippen molar-refractivity contribution in [3.05, 3.63) is 30.7 Å². The fourth-order valence-corrected chi connectivity index (χ4v) is 5.73. The molecule has 4 rings (SSSR count). The molecule has 1 aliphatic rings. The minimum absolute atomic E-state index is 0.0529. The number of fused-ring (bicyclic) bond motifs is 1. The number of hydrogen-bond acceptors (Lipinski definition) is 7. The van der Waals surface area contributed by atoms with E-state index < -0.39 is 10.0 Å². The van der Waals surface area contributed by atoms with Crippen LogP contribution in [0.15, 0.2) is 35.7 Å². The van der Waals surface area contributed by atoms with E-state index in [2.05, 4.69) is 15.3 Å². The molecule has 0 spiro atoms. The number of anilines is 1. The summed E-state index contributed by atoms with van der Waals surface area (Å²) in [6.07, 6.45) is 3.97. The van der Waals surface area contributed by atoms with Crippen LogP contribution in [0, 0.1) is 5.92 Å². The lowest BCUT2D eigenvalue weighted by molar-refractivity contribution is -0.120. The normalized spacial score (nSPS) is 16.1. The molecule has 3 heterocycles. The fourth-order valence-electron chi connectivity index (χ4n) is 3.43. The van der Waals surface area contributed by atoms with Crippen molar-refractivity contribution >= 4 is 42.6 Å². The van der Waals surface area contributed by atoms with Gasteiger partial charge in [-0.25, -0.2) is 18.4 Å². The monoisotopic (exact) mass is 449 g/mol. The highest BCUT2D eigenvalue weighted by Crippen LogP contribution is 2.30. The van der Waals surface area contributed by atoms with Crippen LogP contribution in [0.2, 0.25) is 0 Å². The van der Waals surface area contributed by atoms with Crippen molar-refractivity contribution in [3.63, 3.8) is 0 Å². The van der Waals surface area contributed by atoms with Gasteiger partial charge in [-0.15, -0.1) is 0 Å². The number of piperidine rings is 1. The maximum atomic E-state index is 12.8. The van der Waals surface area contributed by atoms with E-state index in [1.165, 1.54) is 28.2 Å². The van der Waals surface area contributed by atoms with Crippen molar-refractivity contribution in [1.29, 1.82) is 0 Å². The number of sulfonamides is 1. The number of amides is 1. The molecule has 2 aromatic heterocycles. The highest BCUT2D eigenvalue weighted by Gasteiger charge is 2.33. The molecule has 11 heteroatoms. The van der Waals surface area contributed by atoms with Gasteiger partial charge in [-0.05, 0) is 38.0 Å². The number of carbonyl (C=O) groups excluding carboxylic acids is 1. The number of benzene rings is 1. The minimum atomic E-state index is -3.64. The van der Waals surface area contributed by atoms with Crippen LogP contribution in [0.25, 0.3) is 10.2 Å². The molecule has 1 aromatic carbocycles. The van der Waals surface area contributed by atoms with E-state index in [-0.39, 0.29) is 29.9 Å². The first-order chi connectivity index (χ1) is 14.4. The molecule has 30 heavy (non-hydrogen) atoms. The first kappa shape index (κ1) is 20.8. The number of aromatic nitrogens is 3. The van der Waals surface area contributed by atoms with Gasteiger partial charge in [0.15, 0.2) is 10.2 Å². The Morgan fingerprint density at radius 1 is 1.33 bits per heavy atom. The topological polar surface area (TPSA) is 106 Å². The van der Waals surface area contributed by atoms with Crippen molar-refractivity contribution in [3.8, 4) is 5.75 Å². The van der Waals surface area contributed by atoms with Gasteiger partial charge < -0.3 is 14.6 Å². The standard InChI is InChI=1S/C19H23N5O4S2/c1-3-23-11-17(20-12-23)30(26,27)24-8-6-13(7-9-24)18(25)22-19-21-15-5-4-14(28-2)10-16(15)29-19/h4-5,10-13H,3,6-9H2,1-2H3,(H,21,22,25). The summed E-state index contributed by atoms with van der Waals surface area (Å²) in [5.41, 5.74) is 0.795. The molecule has 1 aliphatic heterocycles. The van der Waals surface area contributed by atoms with Gasteiger partial charge in [0, 0.05) is 31.7 Å². The number of hydrogen-bond donors (Lipinski definition) is 1. The number of methoxy groups -OCH3 is 1. The molecule has 0 aliphatic carbocycles. The van der Waals surface area contributed by atoms with Crippen LogP contribution in [0.3, 0.4) is 0 Å². The lowest BCUT2D eigenvalue weighted by Crippen LogP contribution is -2.41.